The van der Waals surface area contributed by atoms with Crippen molar-refractivity contribution >= 4 is 22.3 Å². The molecule has 0 aromatic carbocycles. The summed E-state index contributed by atoms with van der Waals surface area (Å²) in [5.41, 5.74) is 1.16. The number of aromatic amines is 2. The normalized spacial score (nSPS) is 10.4. The minimum Gasteiger partial charge on any atom is -0.315 e. The Labute approximate surface area is 81.9 Å². The Morgan fingerprint density at radius 1 is 1.43 bits per heavy atom. The van der Waals surface area contributed by atoms with Crippen LogP contribution in [0, 0.1) is 11.7 Å². The van der Waals surface area contributed by atoms with Crippen LogP contribution in [-0.2, 0) is 11.3 Å². The van der Waals surface area contributed by atoms with Crippen molar-refractivity contribution in [2.24, 2.45) is 0 Å². The molecular formula is C8H7N3O2S. The molecule has 6 heteroatoms. The number of hydrogen-bond donors (Lipinski definition) is 2. The van der Waals surface area contributed by atoms with E-state index in [4.69, 9.17) is 0 Å². The number of pyridine rings is 1. The maximum absolute atomic E-state index is 11.1. The molecule has 0 unspecified atom stereocenters. The van der Waals surface area contributed by atoms with Crippen molar-refractivity contribution in [2.75, 3.05) is 0 Å². The predicted octanol–water partition coefficient (Wildman–Crippen LogP) is 0.305. The average Bonchev–Trinajstić information content (AvgIpc) is 2.16. The van der Waals surface area contributed by atoms with Gasteiger partial charge >= 0.3 is 0 Å². The van der Waals surface area contributed by atoms with Crippen LogP contribution in [0.15, 0.2) is 17.1 Å². The smallest absolute Gasteiger partial charge is 0.249 e. The molecule has 2 aromatic heterocycles. The van der Waals surface area contributed by atoms with E-state index in [1.165, 1.54) is 6.07 Å². The molecule has 0 radical (unpaired) electrons. The van der Waals surface area contributed by atoms with Gasteiger partial charge in [-0.1, -0.05) is 0 Å². The van der Waals surface area contributed by atoms with E-state index in [1.54, 1.807) is 6.20 Å². The summed E-state index contributed by atoms with van der Waals surface area (Å²) in [5, 5.41) is 0.808. The van der Waals surface area contributed by atoms with Crippen LogP contribution < -0.4 is 5.56 Å². The Hall–Kier alpha value is -1.69. The van der Waals surface area contributed by atoms with Gasteiger partial charge in [-0.15, -0.1) is 0 Å². The standard InChI is InChI=1S/C8H7N3O2S/c1-4-2-6(12)10-7-5(4)3-9-8(11-7)14-13/h2-3H,1H3,(H2,10,11,12). The van der Waals surface area contributed by atoms with E-state index in [0.29, 0.717) is 5.65 Å². The minimum atomic E-state index is -0.195. The van der Waals surface area contributed by atoms with Crippen molar-refractivity contribution in [3.63, 3.8) is 0 Å². The summed E-state index contributed by atoms with van der Waals surface area (Å²) in [7, 11) is 0. The molecule has 2 heterocycles. The SMILES string of the molecule is Cc1cc(=O)[nH]c2[nH]c(=S=O)ncc12. The minimum absolute atomic E-state index is 0.195. The van der Waals surface area contributed by atoms with E-state index in [0.717, 1.165) is 10.9 Å². The van der Waals surface area contributed by atoms with Gasteiger partial charge in [-0.2, -0.15) is 0 Å². The van der Waals surface area contributed by atoms with Gasteiger partial charge in [0.1, 0.15) is 16.9 Å². The molecule has 0 saturated heterocycles. The second kappa shape index (κ2) is 3.22. The highest BCUT2D eigenvalue weighted by Gasteiger charge is 1.99. The van der Waals surface area contributed by atoms with Gasteiger partial charge in [0.2, 0.25) is 10.3 Å². The monoisotopic (exact) mass is 209 g/mol. The van der Waals surface area contributed by atoms with Gasteiger partial charge in [0.05, 0.1) is 0 Å². The Balaban J connectivity index is 3.03. The molecule has 0 aliphatic carbocycles. The van der Waals surface area contributed by atoms with Crippen molar-refractivity contribution in [2.45, 2.75) is 6.92 Å². The van der Waals surface area contributed by atoms with Gasteiger partial charge < -0.3 is 9.97 Å². The second-order valence-corrected chi connectivity index (χ2v) is 3.43. The lowest BCUT2D eigenvalue weighted by molar-refractivity contribution is 0.698. The predicted molar refractivity (Wildman–Crippen MR) is 52.8 cm³/mol. The van der Waals surface area contributed by atoms with Crippen molar-refractivity contribution in [3.8, 4) is 0 Å². The number of aromatic nitrogens is 3. The highest BCUT2D eigenvalue weighted by Crippen LogP contribution is 2.08. The molecule has 0 saturated carbocycles. The molecule has 2 N–H and O–H groups in total. The van der Waals surface area contributed by atoms with Gasteiger partial charge in [-0.05, 0) is 12.5 Å². The van der Waals surface area contributed by atoms with Gasteiger partial charge in [-0.3, -0.25) is 4.79 Å². The fourth-order valence-electron chi connectivity index (χ4n) is 1.27. The second-order valence-electron chi connectivity index (χ2n) is 2.88. The van der Waals surface area contributed by atoms with E-state index in [9.17, 15) is 9.00 Å². The number of nitrogens with zero attached hydrogens (tertiary/aromatic N) is 1. The zero-order valence-electron chi connectivity index (χ0n) is 7.33. The molecule has 0 aliphatic heterocycles. The van der Waals surface area contributed by atoms with Crippen LogP contribution in [0.4, 0.5) is 0 Å². The van der Waals surface area contributed by atoms with E-state index >= 15 is 0 Å². The molecule has 2 aromatic rings. The summed E-state index contributed by atoms with van der Waals surface area (Å²) in [5.74, 6) is 0. The molecule has 0 bridgehead atoms. The Bertz CT molecular complexity index is 637. The summed E-state index contributed by atoms with van der Waals surface area (Å²) < 4.78 is 10.7. The third kappa shape index (κ3) is 1.39. The number of nitrogens with one attached hydrogen (secondary N) is 2. The number of H-pyrrole nitrogens is 2. The zero-order valence-corrected chi connectivity index (χ0v) is 8.14. The lowest BCUT2D eigenvalue weighted by atomic mass is 10.2. The topological polar surface area (TPSA) is 78.6 Å². The van der Waals surface area contributed by atoms with E-state index < -0.39 is 0 Å². The summed E-state index contributed by atoms with van der Waals surface area (Å²) >= 11 is 0.257. The Morgan fingerprint density at radius 2 is 2.21 bits per heavy atom. The number of rotatable bonds is 0. The van der Waals surface area contributed by atoms with E-state index in [2.05, 4.69) is 15.0 Å². The molecule has 0 atom stereocenters. The summed E-state index contributed by atoms with van der Waals surface area (Å²) in [6.45, 7) is 1.82. The first kappa shape index (κ1) is 8.89. The van der Waals surface area contributed by atoms with Crippen molar-refractivity contribution < 1.29 is 4.21 Å². The van der Waals surface area contributed by atoms with Crippen LogP contribution in [0.1, 0.15) is 5.56 Å². The average molecular weight is 209 g/mol. The molecule has 0 aliphatic rings. The zero-order chi connectivity index (χ0) is 10.1. The first-order valence-electron chi connectivity index (χ1n) is 3.92. The van der Waals surface area contributed by atoms with Crippen LogP contribution >= 0.6 is 0 Å². The fourth-order valence-corrected chi connectivity index (χ4v) is 1.51. The highest BCUT2D eigenvalue weighted by molar-refractivity contribution is 7.56. The summed E-state index contributed by atoms with van der Waals surface area (Å²) in [6.07, 6.45) is 1.57. The molecule has 14 heavy (non-hydrogen) atoms. The molecule has 2 rings (SSSR count). The maximum atomic E-state index is 11.1. The van der Waals surface area contributed by atoms with Crippen molar-refractivity contribution in [1.29, 1.82) is 0 Å². The molecular weight excluding hydrogens is 202 g/mol. The lowest BCUT2D eigenvalue weighted by Crippen LogP contribution is -2.06. The largest absolute Gasteiger partial charge is 0.315 e. The van der Waals surface area contributed by atoms with Crippen molar-refractivity contribution in [3.05, 3.63) is 33.0 Å². The molecule has 0 spiro atoms. The number of fused-ring (bicyclic) bond motifs is 1. The maximum Gasteiger partial charge on any atom is 0.249 e. The van der Waals surface area contributed by atoms with Gasteiger partial charge in [0.15, 0.2) is 0 Å². The third-order valence-electron chi connectivity index (χ3n) is 1.91. The Kier molecular flexibility index (Phi) is 2.05. The Morgan fingerprint density at radius 3 is 2.93 bits per heavy atom. The van der Waals surface area contributed by atoms with Gasteiger partial charge in [-0.25, -0.2) is 9.19 Å². The number of aryl methyl sites for hydroxylation is 1. The van der Waals surface area contributed by atoms with Crippen LogP contribution in [0.5, 0.6) is 0 Å². The van der Waals surface area contributed by atoms with Crippen LogP contribution in [0.2, 0.25) is 0 Å². The highest BCUT2D eigenvalue weighted by atomic mass is 32.1. The number of hydrogen-bond acceptors (Lipinski definition) is 3. The quantitative estimate of drug-likeness (QED) is 0.613. The molecule has 0 fully saturated rings. The first-order chi connectivity index (χ1) is 6.70. The third-order valence-corrected chi connectivity index (χ3v) is 2.28. The van der Waals surface area contributed by atoms with Crippen LogP contribution in [0.25, 0.3) is 11.0 Å². The summed E-state index contributed by atoms with van der Waals surface area (Å²) in [6, 6.07) is 1.49. The van der Waals surface area contributed by atoms with Crippen LogP contribution in [0.3, 0.4) is 0 Å². The van der Waals surface area contributed by atoms with E-state index in [-0.39, 0.29) is 21.6 Å². The lowest BCUT2D eigenvalue weighted by Gasteiger charge is -1.98. The fraction of sp³-hybridized carbons (Fsp3) is 0.125. The van der Waals surface area contributed by atoms with Gasteiger partial charge in [0, 0.05) is 17.6 Å². The first-order valence-corrected chi connectivity index (χ1v) is 4.66. The van der Waals surface area contributed by atoms with Crippen LogP contribution in [-0.4, -0.2) is 19.2 Å². The van der Waals surface area contributed by atoms with E-state index in [1.807, 2.05) is 6.92 Å². The van der Waals surface area contributed by atoms with Gasteiger partial charge in [0.25, 0.3) is 0 Å². The summed E-state index contributed by atoms with van der Waals surface area (Å²) in [4.78, 5) is 20.4. The molecule has 0 amide bonds. The van der Waals surface area contributed by atoms with Crippen molar-refractivity contribution in [1.82, 2.24) is 15.0 Å². The molecule has 5 nitrogen and oxygen atoms in total. The molecule has 72 valence electrons.